The summed E-state index contributed by atoms with van der Waals surface area (Å²) in [7, 11) is -3.67. The number of nitrogens with one attached hydrogen (secondary N) is 1. The van der Waals surface area contributed by atoms with Gasteiger partial charge in [0.05, 0.1) is 12.3 Å². The predicted octanol–water partition coefficient (Wildman–Crippen LogP) is 0.690. The van der Waals surface area contributed by atoms with Gasteiger partial charge in [0.15, 0.2) is 0 Å². The lowest BCUT2D eigenvalue weighted by Crippen LogP contribution is -2.35. The summed E-state index contributed by atoms with van der Waals surface area (Å²) < 4.78 is 26.6. The minimum absolute atomic E-state index is 0.0102. The van der Waals surface area contributed by atoms with Crippen molar-refractivity contribution in [3.05, 3.63) is 22.7 Å². The van der Waals surface area contributed by atoms with Gasteiger partial charge in [0.2, 0.25) is 10.0 Å². The predicted molar refractivity (Wildman–Crippen MR) is 65.4 cm³/mol. The number of rotatable bonds is 4. The van der Waals surface area contributed by atoms with Crippen LogP contribution in [0.4, 0.5) is 5.69 Å². The van der Waals surface area contributed by atoms with Crippen LogP contribution in [-0.4, -0.2) is 26.2 Å². The minimum Gasteiger partial charge on any atom is -0.398 e. The largest absolute Gasteiger partial charge is 0.398 e. The molecule has 16 heavy (non-hydrogen) atoms. The SMILES string of the molecule is C[C@H](CO)NS(=O)(=O)c1ccc(Br)cc1N. The zero-order valence-electron chi connectivity index (χ0n) is 8.64. The van der Waals surface area contributed by atoms with E-state index in [1.807, 2.05) is 0 Å². The second kappa shape index (κ2) is 5.13. The van der Waals surface area contributed by atoms with Gasteiger partial charge in [-0.2, -0.15) is 0 Å². The number of benzene rings is 1. The number of sulfonamides is 1. The summed E-state index contributed by atoms with van der Waals surface area (Å²) in [5.74, 6) is 0. The Balaban J connectivity index is 3.08. The molecule has 0 unspecified atom stereocenters. The average Bonchev–Trinajstić information content (AvgIpc) is 2.16. The molecule has 7 heteroatoms. The fourth-order valence-electron chi connectivity index (χ4n) is 1.13. The fraction of sp³-hybridized carbons (Fsp3) is 0.333. The van der Waals surface area contributed by atoms with Crippen LogP contribution in [0.2, 0.25) is 0 Å². The Kier molecular flexibility index (Phi) is 4.31. The van der Waals surface area contributed by atoms with Crippen molar-refractivity contribution in [2.24, 2.45) is 0 Å². The second-order valence-corrected chi connectivity index (χ2v) is 5.99. The van der Waals surface area contributed by atoms with Crippen molar-refractivity contribution in [1.29, 1.82) is 0 Å². The molecule has 0 saturated carbocycles. The monoisotopic (exact) mass is 308 g/mol. The molecule has 0 amide bonds. The maximum absolute atomic E-state index is 11.8. The number of hydrogen-bond donors (Lipinski definition) is 3. The molecule has 1 rings (SSSR count). The molecule has 0 bridgehead atoms. The lowest BCUT2D eigenvalue weighted by atomic mass is 10.3. The Morgan fingerprint density at radius 1 is 1.56 bits per heavy atom. The smallest absolute Gasteiger partial charge is 0.242 e. The Morgan fingerprint density at radius 3 is 2.69 bits per heavy atom. The van der Waals surface area contributed by atoms with Crippen LogP contribution < -0.4 is 10.5 Å². The Labute approximate surface area is 103 Å². The number of aliphatic hydroxyl groups excluding tert-OH is 1. The molecule has 0 aliphatic rings. The quantitative estimate of drug-likeness (QED) is 0.714. The molecule has 0 aromatic heterocycles. The van der Waals surface area contributed by atoms with Crippen LogP contribution in [0.25, 0.3) is 0 Å². The van der Waals surface area contributed by atoms with Crippen LogP contribution >= 0.6 is 15.9 Å². The normalized spacial score (nSPS) is 13.7. The van der Waals surface area contributed by atoms with Gasteiger partial charge < -0.3 is 10.8 Å². The molecule has 0 radical (unpaired) electrons. The zero-order valence-corrected chi connectivity index (χ0v) is 11.0. The number of aliphatic hydroxyl groups is 1. The lowest BCUT2D eigenvalue weighted by molar-refractivity contribution is 0.265. The van der Waals surface area contributed by atoms with Crippen LogP contribution in [0.15, 0.2) is 27.6 Å². The van der Waals surface area contributed by atoms with Crippen molar-refractivity contribution in [3.8, 4) is 0 Å². The number of nitrogens with two attached hydrogens (primary N) is 1. The van der Waals surface area contributed by atoms with Crippen molar-refractivity contribution < 1.29 is 13.5 Å². The van der Waals surface area contributed by atoms with Gasteiger partial charge in [-0.15, -0.1) is 0 Å². The highest BCUT2D eigenvalue weighted by molar-refractivity contribution is 9.10. The summed E-state index contributed by atoms with van der Waals surface area (Å²) in [5, 5.41) is 8.79. The van der Waals surface area contributed by atoms with E-state index in [-0.39, 0.29) is 17.2 Å². The van der Waals surface area contributed by atoms with E-state index in [1.165, 1.54) is 12.1 Å². The standard InChI is InChI=1S/C9H13BrN2O3S/c1-6(5-13)12-16(14,15)9-3-2-7(10)4-8(9)11/h2-4,6,12-13H,5,11H2,1H3/t6-/m1/s1. The van der Waals surface area contributed by atoms with Gasteiger partial charge in [0, 0.05) is 10.5 Å². The Hall–Kier alpha value is -0.630. The number of halogens is 1. The first-order valence-corrected chi connectivity index (χ1v) is 6.82. The molecule has 0 aliphatic carbocycles. The summed E-state index contributed by atoms with van der Waals surface area (Å²) in [6.07, 6.45) is 0. The zero-order chi connectivity index (χ0) is 12.3. The van der Waals surface area contributed by atoms with E-state index in [1.54, 1.807) is 13.0 Å². The molecule has 0 fully saturated rings. The molecule has 4 N–H and O–H groups in total. The summed E-state index contributed by atoms with van der Waals surface area (Å²) in [5.41, 5.74) is 5.77. The van der Waals surface area contributed by atoms with Crippen LogP contribution in [0.1, 0.15) is 6.92 Å². The molecule has 0 spiro atoms. The van der Waals surface area contributed by atoms with Crippen LogP contribution in [0.5, 0.6) is 0 Å². The van der Waals surface area contributed by atoms with Gasteiger partial charge in [-0.25, -0.2) is 13.1 Å². The van der Waals surface area contributed by atoms with Gasteiger partial charge in [0.25, 0.3) is 0 Å². The third-order valence-electron chi connectivity index (χ3n) is 1.89. The van der Waals surface area contributed by atoms with Gasteiger partial charge >= 0.3 is 0 Å². The highest BCUT2D eigenvalue weighted by Gasteiger charge is 2.19. The molecular weight excluding hydrogens is 296 g/mol. The maximum Gasteiger partial charge on any atom is 0.242 e. The van der Waals surface area contributed by atoms with E-state index < -0.39 is 16.1 Å². The number of hydrogen-bond acceptors (Lipinski definition) is 4. The van der Waals surface area contributed by atoms with E-state index in [2.05, 4.69) is 20.7 Å². The first-order valence-electron chi connectivity index (χ1n) is 4.55. The average molecular weight is 309 g/mol. The summed E-state index contributed by atoms with van der Waals surface area (Å²) in [6, 6.07) is 3.96. The molecule has 0 heterocycles. The summed E-state index contributed by atoms with van der Waals surface area (Å²) >= 11 is 3.19. The first-order chi connectivity index (χ1) is 7.36. The molecular formula is C9H13BrN2O3S. The van der Waals surface area contributed by atoms with Gasteiger partial charge in [-0.1, -0.05) is 15.9 Å². The van der Waals surface area contributed by atoms with Crippen LogP contribution in [-0.2, 0) is 10.0 Å². The number of nitrogen functional groups attached to an aromatic ring is 1. The molecule has 90 valence electrons. The number of anilines is 1. The lowest BCUT2D eigenvalue weighted by Gasteiger charge is -2.13. The van der Waals surface area contributed by atoms with E-state index in [9.17, 15) is 8.42 Å². The summed E-state index contributed by atoms with van der Waals surface area (Å²) in [4.78, 5) is 0.0102. The Morgan fingerprint density at radius 2 is 2.19 bits per heavy atom. The molecule has 0 aliphatic heterocycles. The van der Waals surface area contributed by atoms with Crippen LogP contribution in [0.3, 0.4) is 0 Å². The van der Waals surface area contributed by atoms with E-state index >= 15 is 0 Å². The van der Waals surface area contributed by atoms with E-state index in [0.717, 1.165) is 0 Å². The van der Waals surface area contributed by atoms with E-state index in [0.29, 0.717) is 4.47 Å². The maximum atomic E-state index is 11.8. The first kappa shape index (κ1) is 13.4. The van der Waals surface area contributed by atoms with Gasteiger partial charge in [-0.3, -0.25) is 0 Å². The summed E-state index contributed by atoms with van der Waals surface area (Å²) in [6.45, 7) is 1.29. The van der Waals surface area contributed by atoms with Crippen molar-refractivity contribution >= 4 is 31.6 Å². The van der Waals surface area contributed by atoms with Crippen LogP contribution in [0, 0.1) is 0 Å². The molecule has 1 aromatic rings. The highest BCUT2D eigenvalue weighted by Crippen LogP contribution is 2.22. The Bertz CT molecular complexity index is 476. The third kappa shape index (κ3) is 3.18. The van der Waals surface area contributed by atoms with E-state index in [4.69, 9.17) is 10.8 Å². The molecule has 5 nitrogen and oxygen atoms in total. The minimum atomic E-state index is -3.67. The second-order valence-electron chi connectivity index (χ2n) is 3.39. The van der Waals surface area contributed by atoms with Crippen molar-refractivity contribution in [2.45, 2.75) is 17.9 Å². The molecule has 1 aromatic carbocycles. The van der Waals surface area contributed by atoms with Crippen molar-refractivity contribution in [3.63, 3.8) is 0 Å². The topological polar surface area (TPSA) is 92.4 Å². The van der Waals surface area contributed by atoms with Gasteiger partial charge in [0.1, 0.15) is 4.90 Å². The van der Waals surface area contributed by atoms with Crippen molar-refractivity contribution in [1.82, 2.24) is 4.72 Å². The molecule has 1 atom stereocenters. The van der Waals surface area contributed by atoms with Gasteiger partial charge in [-0.05, 0) is 25.1 Å². The van der Waals surface area contributed by atoms with Crippen molar-refractivity contribution in [2.75, 3.05) is 12.3 Å². The fourth-order valence-corrected chi connectivity index (χ4v) is 2.86. The molecule has 0 saturated heterocycles. The highest BCUT2D eigenvalue weighted by atomic mass is 79.9. The third-order valence-corrected chi connectivity index (χ3v) is 4.05.